The quantitative estimate of drug-likeness (QED) is 0.496. The summed E-state index contributed by atoms with van der Waals surface area (Å²) < 4.78 is 1.78. The fourth-order valence-corrected chi connectivity index (χ4v) is 4.80. The van der Waals surface area contributed by atoms with Crippen LogP contribution in [0.3, 0.4) is 0 Å². The molecule has 1 aromatic carbocycles. The highest BCUT2D eigenvalue weighted by Gasteiger charge is 2.28. The molecule has 4 heterocycles. The summed E-state index contributed by atoms with van der Waals surface area (Å²) in [5, 5.41) is 5.35. The number of nitrogens with zero attached hydrogens (tertiary/aromatic N) is 5. The van der Waals surface area contributed by atoms with E-state index in [4.69, 9.17) is 0 Å². The van der Waals surface area contributed by atoms with Gasteiger partial charge in [-0.05, 0) is 56.0 Å². The van der Waals surface area contributed by atoms with Gasteiger partial charge in [-0.1, -0.05) is 11.6 Å². The molecule has 164 valence electrons. The Hall–Kier alpha value is -3.48. The van der Waals surface area contributed by atoms with Crippen LogP contribution < -0.4 is 0 Å². The van der Waals surface area contributed by atoms with E-state index in [1.165, 1.54) is 34.1 Å². The van der Waals surface area contributed by atoms with Gasteiger partial charge in [0.25, 0.3) is 0 Å². The maximum absolute atomic E-state index is 12.9. The lowest BCUT2D eigenvalue weighted by Crippen LogP contribution is -2.39. The zero-order chi connectivity index (χ0) is 21.9. The van der Waals surface area contributed by atoms with Gasteiger partial charge in [-0.3, -0.25) is 14.5 Å². The molecule has 1 aliphatic rings. The number of aromatic amines is 1. The van der Waals surface area contributed by atoms with Gasteiger partial charge in [-0.15, -0.1) is 0 Å². The highest BCUT2D eigenvalue weighted by Crippen LogP contribution is 2.39. The lowest BCUT2D eigenvalue weighted by Gasteiger charge is -2.33. The van der Waals surface area contributed by atoms with Crippen LogP contribution in [0.2, 0.25) is 0 Å². The summed E-state index contributed by atoms with van der Waals surface area (Å²) in [6.45, 7) is 4.44. The van der Waals surface area contributed by atoms with Crippen LogP contribution >= 0.6 is 0 Å². The van der Waals surface area contributed by atoms with Gasteiger partial charge in [-0.25, -0.2) is 4.98 Å². The number of hydrogen-bond acceptors (Lipinski definition) is 4. The average Bonchev–Trinajstić information content (AvgIpc) is 3.47. The van der Waals surface area contributed by atoms with Crippen molar-refractivity contribution in [3.63, 3.8) is 0 Å². The molecule has 0 aliphatic carbocycles. The van der Waals surface area contributed by atoms with Crippen LogP contribution in [0.25, 0.3) is 22.0 Å². The first kappa shape index (κ1) is 20.4. The molecule has 7 heteroatoms. The third-order valence-corrected chi connectivity index (χ3v) is 6.38. The number of rotatable bonds is 6. The van der Waals surface area contributed by atoms with Crippen molar-refractivity contribution in [2.45, 2.75) is 45.1 Å². The third-order valence-electron chi connectivity index (χ3n) is 6.38. The van der Waals surface area contributed by atoms with E-state index in [0.29, 0.717) is 12.3 Å². The fraction of sp³-hybridized carbons (Fsp3) is 0.360. The molecule has 3 aromatic heterocycles. The zero-order valence-electron chi connectivity index (χ0n) is 18.4. The van der Waals surface area contributed by atoms with Crippen molar-refractivity contribution < 1.29 is 4.79 Å². The van der Waals surface area contributed by atoms with Gasteiger partial charge in [0.1, 0.15) is 12.7 Å². The van der Waals surface area contributed by atoms with Crippen LogP contribution in [0.15, 0.2) is 55.4 Å². The molecule has 32 heavy (non-hydrogen) atoms. The minimum absolute atomic E-state index is 0.229. The van der Waals surface area contributed by atoms with Crippen LogP contribution in [0.1, 0.15) is 42.9 Å². The van der Waals surface area contributed by atoms with Crippen molar-refractivity contribution in [2.75, 3.05) is 13.1 Å². The monoisotopic (exact) mass is 428 g/mol. The molecule has 1 N–H and O–H groups in total. The highest BCUT2D eigenvalue weighted by molar-refractivity contribution is 5.98. The first-order valence-electron chi connectivity index (χ1n) is 11.3. The maximum atomic E-state index is 12.9. The molecule has 1 fully saturated rings. The maximum Gasteiger partial charge on any atom is 0.222 e. The molecule has 0 bridgehead atoms. The molecule has 1 aliphatic heterocycles. The number of aromatic nitrogens is 5. The summed E-state index contributed by atoms with van der Waals surface area (Å²) in [4.78, 5) is 26.8. The van der Waals surface area contributed by atoms with E-state index in [2.05, 4.69) is 57.3 Å². The summed E-state index contributed by atoms with van der Waals surface area (Å²) in [5.41, 5.74) is 6.04. The van der Waals surface area contributed by atoms with E-state index in [0.717, 1.165) is 44.4 Å². The SMILES string of the molecule is Cc1ccc2[nH]c([C@H]3CCCN(C(=O)CCCn4cncn4)C3)c(-c3ccncc3)c2c1. The summed E-state index contributed by atoms with van der Waals surface area (Å²) >= 11 is 0. The molecule has 7 nitrogen and oxygen atoms in total. The molecule has 1 amide bonds. The van der Waals surface area contributed by atoms with Gasteiger partial charge in [0.2, 0.25) is 5.91 Å². The Morgan fingerprint density at radius 2 is 2.06 bits per heavy atom. The zero-order valence-corrected chi connectivity index (χ0v) is 18.4. The number of aryl methyl sites for hydroxylation is 2. The van der Waals surface area contributed by atoms with Crippen LogP contribution in [-0.4, -0.2) is 48.6 Å². The van der Waals surface area contributed by atoms with E-state index in [1.807, 2.05) is 17.3 Å². The van der Waals surface area contributed by atoms with Gasteiger partial charge >= 0.3 is 0 Å². The highest BCUT2D eigenvalue weighted by atomic mass is 16.2. The van der Waals surface area contributed by atoms with Gasteiger partial charge in [0.05, 0.1) is 0 Å². The molecule has 0 spiro atoms. The first-order chi connectivity index (χ1) is 15.7. The second-order valence-electron chi connectivity index (χ2n) is 8.64. The van der Waals surface area contributed by atoms with Crippen molar-refractivity contribution in [2.24, 2.45) is 0 Å². The number of piperidine rings is 1. The van der Waals surface area contributed by atoms with Gasteiger partial charge in [0.15, 0.2) is 0 Å². The van der Waals surface area contributed by atoms with Crippen molar-refractivity contribution in [1.82, 2.24) is 29.6 Å². The number of pyridine rings is 1. The molecule has 0 saturated carbocycles. The molecule has 0 radical (unpaired) electrons. The number of nitrogens with one attached hydrogen (secondary N) is 1. The van der Waals surface area contributed by atoms with E-state index >= 15 is 0 Å². The Kier molecular flexibility index (Phi) is 5.71. The number of hydrogen-bond donors (Lipinski definition) is 1. The normalized spacial score (nSPS) is 16.5. The smallest absolute Gasteiger partial charge is 0.222 e. The number of amides is 1. The van der Waals surface area contributed by atoms with Crippen LogP contribution in [-0.2, 0) is 11.3 Å². The predicted molar refractivity (Wildman–Crippen MR) is 124 cm³/mol. The number of H-pyrrole nitrogens is 1. The molecule has 1 saturated heterocycles. The van der Waals surface area contributed by atoms with Gasteiger partial charge in [0, 0.05) is 66.5 Å². The topological polar surface area (TPSA) is 79.7 Å². The fourth-order valence-electron chi connectivity index (χ4n) is 4.80. The Morgan fingerprint density at radius 1 is 1.19 bits per heavy atom. The van der Waals surface area contributed by atoms with Crippen molar-refractivity contribution >= 4 is 16.8 Å². The number of carbonyl (C=O) groups is 1. The second-order valence-corrected chi connectivity index (χ2v) is 8.64. The van der Waals surface area contributed by atoms with E-state index < -0.39 is 0 Å². The van der Waals surface area contributed by atoms with Gasteiger partial charge < -0.3 is 9.88 Å². The lowest BCUT2D eigenvalue weighted by molar-refractivity contribution is -0.132. The van der Waals surface area contributed by atoms with Crippen LogP contribution in [0.4, 0.5) is 0 Å². The molecular weight excluding hydrogens is 400 g/mol. The summed E-state index contributed by atoms with van der Waals surface area (Å²) in [6.07, 6.45) is 10.3. The third kappa shape index (κ3) is 4.15. The van der Waals surface area contributed by atoms with Crippen molar-refractivity contribution in [3.8, 4) is 11.1 Å². The van der Waals surface area contributed by atoms with Crippen molar-refractivity contribution in [3.05, 3.63) is 66.6 Å². The Balaban J connectivity index is 1.38. The average molecular weight is 429 g/mol. The Morgan fingerprint density at radius 3 is 2.88 bits per heavy atom. The molecule has 5 rings (SSSR count). The standard InChI is InChI=1S/C25H28N6O/c1-18-6-7-22-21(14-18)24(19-8-10-26-11-9-19)25(29-22)20-4-2-12-30(15-20)23(32)5-3-13-31-17-27-16-28-31/h6-11,14,16-17,20,29H,2-5,12-13,15H2,1H3/t20-/m0/s1. The molecule has 0 unspecified atom stereocenters. The Labute approximate surface area is 187 Å². The number of likely N-dealkylation sites (tertiary alicyclic amines) is 1. The molecular formula is C25H28N6O. The van der Waals surface area contributed by atoms with Crippen molar-refractivity contribution in [1.29, 1.82) is 0 Å². The summed E-state index contributed by atoms with van der Waals surface area (Å²) in [5.74, 6) is 0.520. The minimum atomic E-state index is 0.229. The number of carbonyl (C=O) groups excluding carboxylic acids is 1. The first-order valence-corrected chi connectivity index (χ1v) is 11.3. The van der Waals surface area contributed by atoms with Crippen LogP contribution in [0, 0.1) is 6.92 Å². The molecule has 4 aromatic rings. The van der Waals surface area contributed by atoms with E-state index in [9.17, 15) is 4.79 Å². The predicted octanol–water partition coefficient (Wildman–Crippen LogP) is 4.32. The summed E-state index contributed by atoms with van der Waals surface area (Å²) in [6, 6.07) is 10.7. The van der Waals surface area contributed by atoms with E-state index in [1.54, 1.807) is 11.0 Å². The number of benzene rings is 1. The lowest BCUT2D eigenvalue weighted by atomic mass is 9.89. The summed E-state index contributed by atoms with van der Waals surface area (Å²) in [7, 11) is 0. The van der Waals surface area contributed by atoms with Gasteiger partial charge in [-0.2, -0.15) is 5.10 Å². The molecule has 1 atom stereocenters. The van der Waals surface area contributed by atoms with E-state index in [-0.39, 0.29) is 5.91 Å². The second kappa shape index (κ2) is 8.94. The van der Waals surface area contributed by atoms with Crippen LogP contribution in [0.5, 0.6) is 0 Å². The largest absolute Gasteiger partial charge is 0.358 e. The number of fused-ring (bicyclic) bond motifs is 1. The minimum Gasteiger partial charge on any atom is -0.358 e. The Bertz CT molecular complexity index is 1200.